The van der Waals surface area contributed by atoms with Gasteiger partial charge in [-0.05, 0) is 31.2 Å². The van der Waals surface area contributed by atoms with Gasteiger partial charge in [0, 0.05) is 48.3 Å². The van der Waals surface area contributed by atoms with E-state index in [0.717, 1.165) is 43.8 Å². The molecule has 2 aromatic rings. The predicted octanol–water partition coefficient (Wildman–Crippen LogP) is 1.62. The highest BCUT2D eigenvalue weighted by molar-refractivity contribution is 5.98. The zero-order valence-electron chi connectivity index (χ0n) is 12.3. The summed E-state index contributed by atoms with van der Waals surface area (Å²) in [6, 6.07) is 7.82. The summed E-state index contributed by atoms with van der Waals surface area (Å²) in [6.45, 7) is 6.35. The third-order valence-corrected chi connectivity index (χ3v) is 3.83. The van der Waals surface area contributed by atoms with Crippen LogP contribution in [-0.4, -0.2) is 54.7 Å². The number of morpholine rings is 1. The highest BCUT2D eigenvalue weighted by Gasteiger charge is 2.16. The van der Waals surface area contributed by atoms with E-state index in [1.165, 1.54) is 0 Å². The lowest BCUT2D eigenvalue weighted by Gasteiger charge is -2.29. The maximum atomic E-state index is 12.3. The smallest absolute Gasteiger partial charge is 0.251 e. The number of hydrogen-bond acceptors (Lipinski definition) is 3. The van der Waals surface area contributed by atoms with Gasteiger partial charge in [0.2, 0.25) is 0 Å². The molecular weight excluding hydrogens is 266 g/mol. The van der Waals surface area contributed by atoms with Gasteiger partial charge in [-0.2, -0.15) is 0 Å². The minimum absolute atomic E-state index is 0.0149. The Morgan fingerprint density at radius 2 is 2.19 bits per heavy atom. The Morgan fingerprint density at radius 1 is 1.38 bits per heavy atom. The quantitative estimate of drug-likeness (QED) is 0.898. The van der Waals surface area contributed by atoms with E-state index < -0.39 is 0 Å². The van der Waals surface area contributed by atoms with Gasteiger partial charge in [-0.25, -0.2) is 0 Å². The predicted molar refractivity (Wildman–Crippen MR) is 82.5 cm³/mol. The second-order valence-electron chi connectivity index (χ2n) is 5.57. The van der Waals surface area contributed by atoms with Gasteiger partial charge in [0.05, 0.1) is 13.2 Å². The minimum atomic E-state index is -0.0149. The van der Waals surface area contributed by atoms with Crippen LogP contribution in [-0.2, 0) is 4.74 Å². The molecule has 1 aromatic carbocycles. The monoisotopic (exact) mass is 287 g/mol. The van der Waals surface area contributed by atoms with Crippen molar-refractivity contribution in [1.29, 1.82) is 0 Å². The number of fused-ring (bicyclic) bond motifs is 1. The minimum Gasteiger partial charge on any atom is -0.379 e. The fourth-order valence-electron chi connectivity index (χ4n) is 2.72. The number of ether oxygens (including phenoxy) is 1. The van der Waals surface area contributed by atoms with Gasteiger partial charge in [0.15, 0.2) is 0 Å². The molecule has 1 aliphatic rings. The topological polar surface area (TPSA) is 57.4 Å². The van der Waals surface area contributed by atoms with E-state index in [9.17, 15) is 4.79 Å². The van der Waals surface area contributed by atoms with Crippen LogP contribution in [0.3, 0.4) is 0 Å². The first-order valence-electron chi connectivity index (χ1n) is 7.40. The number of aromatic amines is 1. The summed E-state index contributed by atoms with van der Waals surface area (Å²) >= 11 is 0. The van der Waals surface area contributed by atoms with Crippen molar-refractivity contribution in [3.63, 3.8) is 0 Å². The van der Waals surface area contributed by atoms with Crippen molar-refractivity contribution in [2.75, 3.05) is 32.8 Å². The number of nitrogens with one attached hydrogen (secondary N) is 2. The van der Waals surface area contributed by atoms with Gasteiger partial charge in [0.25, 0.3) is 5.91 Å². The summed E-state index contributed by atoms with van der Waals surface area (Å²) in [4.78, 5) is 17.8. The third kappa shape index (κ3) is 3.43. The van der Waals surface area contributed by atoms with Crippen LogP contribution in [0.1, 0.15) is 17.3 Å². The molecule has 1 atom stereocenters. The lowest BCUT2D eigenvalue weighted by molar-refractivity contribution is 0.0342. The SMILES string of the molecule is CC(CN1CCOCC1)NC(=O)c1ccc2[nH]ccc2c1. The summed E-state index contributed by atoms with van der Waals surface area (Å²) in [5, 5.41) is 4.13. The lowest BCUT2D eigenvalue weighted by atomic mass is 10.1. The van der Waals surface area contributed by atoms with Gasteiger partial charge in [-0.1, -0.05) is 0 Å². The molecule has 0 spiro atoms. The Kier molecular flexibility index (Phi) is 4.22. The van der Waals surface area contributed by atoms with Gasteiger partial charge >= 0.3 is 0 Å². The van der Waals surface area contributed by atoms with Gasteiger partial charge in [-0.3, -0.25) is 9.69 Å². The highest BCUT2D eigenvalue weighted by atomic mass is 16.5. The summed E-state index contributed by atoms with van der Waals surface area (Å²) in [6.07, 6.45) is 1.88. The number of rotatable bonds is 4. The van der Waals surface area contributed by atoms with Crippen molar-refractivity contribution in [1.82, 2.24) is 15.2 Å². The first-order chi connectivity index (χ1) is 10.2. The van der Waals surface area contributed by atoms with Crippen LogP contribution < -0.4 is 5.32 Å². The largest absolute Gasteiger partial charge is 0.379 e. The summed E-state index contributed by atoms with van der Waals surface area (Å²) in [7, 11) is 0. The van der Waals surface area contributed by atoms with Crippen molar-refractivity contribution in [2.45, 2.75) is 13.0 Å². The summed E-state index contributed by atoms with van der Waals surface area (Å²) in [5.41, 5.74) is 1.75. The fourth-order valence-corrected chi connectivity index (χ4v) is 2.72. The average molecular weight is 287 g/mol. The van der Waals surface area contributed by atoms with E-state index in [4.69, 9.17) is 4.74 Å². The van der Waals surface area contributed by atoms with Crippen molar-refractivity contribution in [2.24, 2.45) is 0 Å². The number of hydrogen-bond donors (Lipinski definition) is 2. The molecule has 21 heavy (non-hydrogen) atoms. The Balaban J connectivity index is 1.59. The van der Waals surface area contributed by atoms with Gasteiger partial charge in [0.1, 0.15) is 0 Å². The van der Waals surface area contributed by atoms with Crippen molar-refractivity contribution >= 4 is 16.8 Å². The summed E-state index contributed by atoms with van der Waals surface area (Å²) in [5.74, 6) is -0.0149. The molecule has 1 unspecified atom stereocenters. The number of benzene rings is 1. The second kappa shape index (κ2) is 6.28. The number of amides is 1. The number of carbonyl (C=O) groups excluding carboxylic acids is 1. The van der Waals surface area contributed by atoms with Crippen molar-refractivity contribution in [3.8, 4) is 0 Å². The van der Waals surface area contributed by atoms with E-state index in [0.29, 0.717) is 5.56 Å². The van der Waals surface area contributed by atoms with Crippen LogP contribution in [0.15, 0.2) is 30.5 Å². The zero-order valence-corrected chi connectivity index (χ0v) is 12.3. The molecule has 5 nitrogen and oxygen atoms in total. The van der Waals surface area contributed by atoms with Gasteiger partial charge < -0.3 is 15.0 Å². The zero-order chi connectivity index (χ0) is 14.7. The molecular formula is C16H21N3O2. The van der Waals surface area contributed by atoms with Crippen LogP contribution in [0.25, 0.3) is 10.9 Å². The van der Waals surface area contributed by atoms with Gasteiger partial charge in [-0.15, -0.1) is 0 Å². The average Bonchev–Trinajstić information content (AvgIpc) is 2.95. The number of H-pyrrole nitrogens is 1. The van der Waals surface area contributed by atoms with E-state index >= 15 is 0 Å². The number of nitrogens with zero attached hydrogens (tertiary/aromatic N) is 1. The maximum absolute atomic E-state index is 12.3. The van der Waals surface area contributed by atoms with Crippen molar-refractivity contribution < 1.29 is 9.53 Å². The Labute approximate surface area is 124 Å². The van der Waals surface area contributed by atoms with E-state index in [1.54, 1.807) is 0 Å². The lowest BCUT2D eigenvalue weighted by Crippen LogP contribution is -2.46. The molecule has 1 saturated heterocycles. The molecule has 5 heteroatoms. The van der Waals surface area contributed by atoms with E-state index in [1.807, 2.05) is 37.4 Å². The standard InChI is InChI=1S/C16H21N3O2/c1-12(11-19-6-8-21-9-7-19)18-16(20)14-2-3-15-13(10-14)4-5-17-15/h2-5,10,12,17H,6-9,11H2,1H3,(H,18,20). The number of aromatic nitrogens is 1. The van der Waals surface area contributed by atoms with Crippen LogP contribution >= 0.6 is 0 Å². The van der Waals surface area contributed by atoms with Crippen LogP contribution in [0, 0.1) is 0 Å². The Hall–Kier alpha value is -1.85. The molecule has 0 aliphatic carbocycles. The molecule has 1 fully saturated rings. The van der Waals surface area contributed by atoms with Crippen LogP contribution in [0.4, 0.5) is 0 Å². The van der Waals surface area contributed by atoms with Crippen LogP contribution in [0.2, 0.25) is 0 Å². The molecule has 0 radical (unpaired) electrons. The molecule has 1 aliphatic heterocycles. The second-order valence-corrected chi connectivity index (χ2v) is 5.57. The molecule has 3 rings (SSSR count). The Bertz CT molecular complexity index is 617. The first-order valence-corrected chi connectivity index (χ1v) is 7.40. The maximum Gasteiger partial charge on any atom is 0.251 e. The normalized spacial score (nSPS) is 17.8. The third-order valence-electron chi connectivity index (χ3n) is 3.83. The number of carbonyl (C=O) groups is 1. The molecule has 112 valence electrons. The fraction of sp³-hybridized carbons (Fsp3) is 0.438. The summed E-state index contributed by atoms with van der Waals surface area (Å²) < 4.78 is 5.33. The highest BCUT2D eigenvalue weighted by Crippen LogP contribution is 2.14. The van der Waals surface area contributed by atoms with E-state index in [2.05, 4.69) is 15.2 Å². The molecule has 0 saturated carbocycles. The Morgan fingerprint density at radius 3 is 3.00 bits per heavy atom. The first kappa shape index (κ1) is 14.1. The molecule has 1 aromatic heterocycles. The molecule has 2 N–H and O–H groups in total. The molecule has 0 bridgehead atoms. The van der Waals surface area contributed by atoms with Crippen LogP contribution in [0.5, 0.6) is 0 Å². The molecule has 2 heterocycles. The van der Waals surface area contributed by atoms with E-state index in [-0.39, 0.29) is 11.9 Å². The molecule has 1 amide bonds. The van der Waals surface area contributed by atoms with Crippen molar-refractivity contribution in [3.05, 3.63) is 36.0 Å².